The number of imidazole rings is 1. The van der Waals surface area contributed by atoms with Gasteiger partial charge in [0.1, 0.15) is 24.2 Å². The Balaban J connectivity index is 1.55. The fourth-order valence-electron chi connectivity index (χ4n) is 3.98. The van der Waals surface area contributed by atoms with Gasteiger partial charge in [0.2, 0.25) is 5.91 Å². The van der Waals surface area contributed by atoms with Gasteiger partial charge >= 0.3 is 0 Å². The van der Waals surface area contributed by atoms with E-state index in [0.29, 0.717) is 41.3 Å². The summed E-state index contributed by atoms with van der Waals surface area (Å²) in [7, 11) is 1.60. The molecule has 1 unspecified atom stereocenters. The van der Waals surface area contributed by atoms with Crippen molar-refractivity contribution in [3.63, 3.8) is 0 Å². The molecule has 0 fully saturated rings. The molecule has 1 N–H and O–H groups in total. The van der Waals surface area contributed by atoms with E-state index >= 15 is 0 Å². The van der Waals surface area contributed by atoms with Crippen LogP contribution in [0.25, 0.3) is 17.5 Å². The van der Waals surface area contributed by atoms with Crippen LogP contribution in [0.1, 0.15) is 42.6 Å². The van der Waals surface area contributed by atoms with Gasteiger partial charge in [-0.15, -0.1) is 11.6 Å². The highest BCUT2D eigenvalue weighted by atomic mass is 35.5. The number of benzene rings is 2. The first kappa shape index (κ1) is 26.1. The Morgan fingerprint density at radius 3 is 2.73 bits per heavy atom. The number of aryl methyl sites for hydroxylation is 1. The number of alkyl halides is 1. The second kappa shape index (κ2) is 11.8. The average molecular weight is 523 g/mol. The molecule has 0 spiro atoms. The number of nitrogens with one attached hydrogen (secondary N) is 1. The average Bonchev–Trinajstić information content (AvgIpc) is 3.58. The standard InChI is InChI=1S/C27H28ClFN6O2/c1-18-14-34(17-31-18)25-9-6-20(12-26(25)37-3)11-21(5-4-10-28)27(36)33-19(2)23-8-7-22(13-24(23)29)35-16-30-15-32-35/h6-9,11-17,19H,4-5,10H2,1-3H3,(H,33,36)/b21-11+. The van der Waals surface area contributed by atoms with Crippen LogP contribution < -0.4 is 10.1 Å². The van der Waals surface area contributed by atoms with Gasteiger partial charge in [0.05, 0.1) is 36.5 Å². The molecule has 0 aliphatic heterocycles. The van der Waals surface area contributed by atoms with Gasteiger partial charge in [-0.05, 0) is 62.6 Å². The van der Waals surface area contributed by atoms with Gasteiger partial charge in [-0.2, -0.15) is 5.10 Å². The normalized spacial score (nSPS) is 12.4. The molecule has 1 amide bonds. The van der Waals surface area contributed by atoms with Crippen molar-refractivity contribution in [2.45, 2.75) is 32.7 Å². The van der Waals surface area contributed by atoms with Crippen LogP contribution in [0.4, 0.5) is 4.39 Å². The smallest absolute Gasteiger partial charge is 0.247 e. The molecule has 0 saturated carbocycles. The molecule has 4 rings (SSSR count). The van der Waals surface area contributed by atoms with Crippen molar-refractivity contribution in [1.29, 1.82) is 0 Å². The molecule has 0 aliphatic carbocycles. The maximum atomic E-state index is 14.9. The number of hydrogen-bond acceptors (Lipinski definition) is 5. The van der Waals surface area contributed by atoms with Gasteiger partial charge in [0.15, 0.2) is 0 Å². The van der Waals surface area contributed by atoms with Gasteiger partial charge < -0.3 is 14.6 Å². The monoisotopic (exact) mass is 522 g/mol. The minimum Gasteiger partial charge on any atom is -0.495 e. The SMILES string of the molecule is COc1cc(/C=C(\CCCCl)C(=O)NC(C)c2ccc(-n3cncn3)cc2F)ccc1-n1cnc(C)c1. The van der Waals surface area contributed by atoms with E-state index in [1.165, 1.54) is 23.4 Å². The van der Waals surface area contributed by atoms with Crippen LogP contribution in [-0.4, -0.2) is 43.2 Å². The summed E-state index contributed by atoms with van der Waals surface area (Å²) in [5.41, 5.74) is 3.99. The molecule has 37 heavy (non-hydrogen) atoms. The summed E-state index contributed by atoms with van der Waals surface area (Å²) < 4.78 is 23.8. The molecule has 0 radical (unpaired) electrons. The van der Waals surface area contributed by atoms with E-state index in [9.17, 15) is 9.18 Å². The number of nitrogens with zero attached hydrogens (tertiary/aromatic N) is 5. The molecule has 0 aliphatic rings. The number of amides is 1. The molecule has 2 heterocycles. The first-order valence-corrected chi connectivity index (χ1v) is 12.3. The van der Waals surface area contributed by atoms with Gasteiger partial charge in [-0.25, -0.2) is 19.0 Å². The summed E-state index contributed by atoms with van der Waals surface area (Å²) in [6.45, 7) is 3.66. The molecule has 0 saturated heterocycles. The molecule has 192 valence electrons. The van der Waals surface area contributed by atoms with E-state index in [4.69, 9.17) is 16.3 Å². The Labute approximate surface area is 219 Å². The number of methoxy groups -OCH3 is 1. The summed E-state index contributed by atoms with van der Waals surface area (Å²) >= 11 is 5.92. The van der Waals surface area contributed by atoms with Crippen LogP contribution in [0, 0.1) is 12.7 Å². The largest absolute Gasteiger partial charge is 0.495 e. The highest BCUT2D eigenvalue weighted by molar-refractivity contribution is 6.17. The number of halogens is 2. The summed E-state index contributed by atoms with van der Waals surface area (Å²) in [5.74, 6) is 0.333. The molecule has 8 nitrogen and oxygen atoms in total. The van der Waals surface area contributed by atoms with E-state index in [1.807, 2.05) is 42.0 Å². The number of rotatable bonds is 10. The lowest BCUT2D eigenvalue weighted by Crippen LogP contribution is -2.28. The van der Waals surface area contributed by atoms with Gasteiger partial charge in [-0.3, -0.25) is 4.79 Å². The maximum Gasteiger partial charge on any atom is 0.247 e. The van der Waals surface area contributed by atoms with Crippen LogP contribution in [0.15, 0.2) is 67.2 Å². The quantitative estimate of drug-likeness (QED) is 0.229. The zero-order valence-electron chi connectivity index (χ0n) is 20.9. The minimum atomic E-state index is -0.557. The number of carbonyl (C=O) groups is 1. The fourth-order valence-corrected chi connectivity index (χ4v) is 4.11. The van der Waals surface area contributed by atoms with Crippen LogP contribution in [-0.2, 0) is 4.79 Å². The number of ether oxygens (including phenoxy) is 1. The summed E-state index contributed by atoms with van der Waals surface area (Å²) in [5, 5.41) is 6.94. The predicted octanol–water partition coefficient (Wildman–Crippen LogP) is 5.19. The third-order valence-electron chi connectivity index (χ3n) is 5.89. The molecular formula is C27H28ClFN6O2. The molecule has 10 heteroatoms. The Kier molecular flexibility index (Phi) is 8.35. The second-order valence-corrected chi connectivity index (χ2v) is 8.93. The van der Waals surface area contributed by atoms with Crippen molar-refractivity contribution in [3.8, 4) is 17.1 Å². The van der Waals surface area contributed by atoms with Crippen molar-refractivity contribution in [3.05, 3.63) is 89.8 Å². The van der Waals surface area contributed by atoms with Crippen LogP contribution in [0.2, 0.25) is 0 Å². The summed E-state index contributed by atoms with van der Waals surface area (Å²) in [6.07, 6.45) is 9.41. The third kappa shape index (κ3) is 6.24. The highest BCUT2D eigenvalue weighted by Gasteiger charge is 2.18. The van der Waals surface area contributed by atoms with Crippen LogP contribution in [0.5, 0.6) is 5.75 Å². The maximum absolute atomic E-state index is 14.9. The van der Waals surface area contributed by atoms with Gasteiger partial charge in [-0.1, -0.05) is 12.1 Å². The number of hydrogen-bond donors (Lipinski definition) is 1. The molecule has 4 aromatic rings. The van der Waals surface area contributed by atoms with Crippen molar-refractivity contribution in [2.75, 3.05) is 13.0 Å². The first-order chi connectivity index (χ1) is 17.9. The number of aromatic nitrogens is 5. The molecule has 0 bridgehead atoms. The highest BCUT2D eigenvalue weighted by Crippen LogP contribution is 2.27. The van der Waals surface area contributed by atoms with Crippen LogP contribution >= 0.6 is 11.6 Å². The fraction of sp³-hybridized carbons (Fsp3) is 0.259. The van der Waals surface area contributed by atoms with Gasteiger partial charge in [0, 0.05) is 23.2 Å². The van der Waals surface area contributed by atoms with Crippen molar-refractivity contribution < 1.29 is 13.9 Å². The van der Waals surface area contributed by atoms with Crippen LogP contribution in [0.3, 0.4) is 0 Å². The Morgan fingerprint density at radius 1 is 1.24 bits per heavy atom. The lowest BCUT2D eigenvalue weighted by molar-refractivity contribution is -0.118. The summed E-state index contributed by atoms with van der Waals surface area (Å²) in [6, 6.07) is 9.87. The topological polar surface area (TPSA) is 86.9 Å². The number of carbonyl (C=O) groups excluding carboxylic acids is 1. The van der Waals surface area contributed by atoms with E-state index < -0.39 is 11.9 Å². The Bertz CT molecular complexity index is 1400. The molecule has 1 atom stereocenters. The van der Waals surface area contributed by atoms with E-state index in [-0.39, 0.29) is 5.91 Å². The molecule has 2 aromatic carbocycles. The Hall–Kier alpha value is -3.98. The van der Waals surface area contributed by atoms with Gasteiger partial charge in [0.25, 0.3) is 0 Å². The first-order valence-electron chi connectivity index (χ1n) is 11.8. The lowest BCUT2D eigenvalue weighted by atomic mass is 10.0. The van der Waals surface area contributed by atoms with E-state index in [0.717, 1.165) is 16.9 Å². The third-order valence-corrected chi connectivity index (χ3v) is 6.15. The van der Waals surface area contributed by atoms with Crippen molar-refractivity contribution in [2.24, 2.45) is 0 Å². The van der Waals surface area contributed by atoms with E-state index in [1.54, 1.807) is 32.5 Å². The zero-order chi connectivity index (χ0) is 26.4. The minimum absolute atomic E-state index is 0.286. The Morgan fingerprint density at radius 2 is 2.08 bits per heavy atom. The van der Waals surface area contributed by atoms with Crippen molar-refractivity contribution in [1.82, 2.24) is 29.6 Å². The van der Waals surface area contributed by atoms with Crippen molar-refractivity contribution >= 4 is 23.6 Å². The zero-order valence-corrected chi connectivity index (χ0v) is 21.6. The lowest BCUT2D eigenvalue weighted by Gasteiger charge is -2.17. The van der Waals surface area contributed by atoms with E-state index in [2.05, 4.69) is 20.4 Å². The summed E-state index contributed by atoms with van der Waals surface area (Å²) in [4.78, 5) is 21.4. The molecular weight excluding hydrogens is 495 g/mol. The predicted molar refractivity (Wildman–Crippen MR) is 141 cm³/mol. The molecule has 2 aromatic heterocycles. The second-order valence-electron chi connectivity index (χ2n) is 8.56.